The molecule has 8 nitrogen and oxygen atoms in total. The van der Waals surface area contributed by atoms with Crippen LogP contribution in [-0.4, -0.2) is 39.4 Å². The van der Waals surface area contributed by atoms with E-state index in [4.69, 9.17) is 4.74 Å². The Labute approximate surface area is 141 Å². The first-order chi connectivity index (χ1) is 11.1. The average molecular weight is 338 g/mol. The van der Waals surface area contributed by atoms with Crippen molar-refractivity contribution < 1.29 is 14.5 Å². The summed E-state index contributed by atoms with van der Waals surface area (Å²) in [4.78, 5) is 25.3. The summed E-state index contributed by atoms with van der Waals surface area (Å²) < 4.78 is 7.12. The third-order valence-electron chi connectivity index (χ3n) is 4.01. The first-order valence-electron chi connectivity index (χ1n) is 8.33. The van der Waals surface area contributed by atoms with Crippen molar-refractivity contribution in [3.05, 3.63) is 15.8 Å². The average Bonchev–Trinajstić information content (AvgIpc) is 2.82. The molecule has 1 aromatic rings. The Morgan fingerprint density at radius 1 is 1.46 bits per heavy atom. The maximum absolute atomic E-state index is 12.4. The van der Waals surface area contributed by atoms with Crippen LogP contribution in [0.3, 0.4) is 0 Å². The van der Waals surface area contributed by atoms with Gasteiger partial charge in [0.25, 0.3) is 0 Å². The van der Waals surface area contributed by atoms with Gasteiger partial charge in [0.05, 0.1) is 10.8 Å². The Morgan fingerprint density at radius 3 is 2.67 bits per heavy atom. The predicted octanol–water partition coefficient (Wildman–Crippen LogP) is 2.68. The van der Waals surface area contributed by atoms with Gasteiger partial charge in [-0.3, -0.25) is 14.9 Å². The van der Waals surface area contributed by atoms with Crippen LogP contribution in [0.15, 0.2) is 0 Å². The number of hydrogen-bond donors (Lipinski definition) is 0. The number of esters is 1. The Kier molecular flexibility index (Phi) is 5.15. The van der Waals surface area contributed by atoms with Crippen LogP contribution in [0.2, 0.25) is 0 Å². The van der Waals surface area contributed by atoms with Crippen molar-refractivity contribution in [2.45, 2.75) is 59.6 Å². The van der Waals surface area contributed by atoms with Crippen molar-refractivity contribution in [3.8, 4) is 0 Å². The number of anilines is 1. The summed E-state index contributed by atoms with van der Waals surface area (Å²) in [5.74, 6) is -0.0273. The number of aromatic nitrogens is 2. The Morgan fingerprint density at radius 2 is 2.12 bits per heavy atom. The second-order valence-electron chi connectivity index (χ2n) is 7.15. The topological polar surface area (TPSA) is 90.5 Å². The zero-order chi connectivity index (χ0) is 18.1. The first-order valence-corrected chi connectivity index (χ1v) is 8.33. The van der Waals surface area contributed by atoms with Gasteiger partial charge in [0.15, 0.2) is 0 Å². The molecule has 1 atom stereocenters. The van der Waals surface area contributed by atoms with Gasteiger partial charge in [0.1, 0.15) is 11.3 Å². The fraction of sp³-hybridized carbons (Fsp3) is 0.750. The molecule has 0 bridgehead atoms. The minimum absolute atomic E-state index is 0.0293. The van der Waals surface area contributed by atoms with Gasteiger partial charge in [-0.05, 0) is 47.5 Å². The summed E-state index contributed by atoms with van der Waals surface area (Å²) in [6.45, 7) is 10.7. The van der Waals surface area contributed by atoms with Gasteiger partial charge in [0.2, 0.25) is 5.82 Å². The molecule has 1 aromatic heterocycles. The normalized spacial score (nSPS) is 18.5. The molecule has 1 aliphatic rings. The molecular formula is C16H26N4O4. The van der Waals surface area contributed by atoms with Gasteiger partial charge in [-0.25, -0.2) is 4.68 Å². The highest BCUT2D eigenvalue weighted by Gasteiger charge is 2.35. The summed E-state index contributed by atoms with van der Waals surface area (Å²) >= 11 is 0. The van der Waals surface area contributed by atoms with Crippen molar-refractivity contribution in [2.24, 2.45) is 5.92 Å². The van der Waals surface area contributed by atoms with Gasteiger partial charge in [0, 0.05) is 19.6 Å². The molecule has 0 amide bonds. The third kappa shape index (κ3) is 3.85. The summed E-state index contributed by atoms with van der Waals surface area (Å²) in [7, 11) is 0. The van der Waals surface area contributed by atoms with E-state index in [1.165, 1.54) is 0 Å². The van der Waals surface area contributed by atoms with E-state index in [9.17, 15) is 14.9 Å². The van der Waals surface area contributed by atoms with Crippen LogP contribution < -0.4 is 4.90 Å². The van der Waals surface area contributed by atoms with Gasteiger partial charge in [-0.1, -0.05) is 0 Å². The molecule has 1 fully saturated rings. The van der Waals surface area contributed by atoms with Crippen molar-refractivity contribution in [2.75, 3.05) is 18.0 Å². The van der Waals surface area contributed by atoms with E-state index in [1.807, 2.05) is 32.6 Å². The van der Waals surface area contributed by atoms with Crippen LogP contribution in [0.1, 0.15) is 46.2 Å². The van der Waals surface area contributed by atoms with E-state index >= 15 is 0 Å². The standard InChI is InChI=1S/C16H26N4O4/c1-6-19-14(13(20(22)23)11(2)17-19)18-9-7-8-12(10-18)15(21)24-16(3,4)5/h12H,6-10H2,1-5H3/t12-/m1/s1. The van der Waals surface area contributed by atoms with Crippen molar-refractivity contribution in [1.82, 2.24) is 9.78 Å². The molecule has 0 saturated carbocycles. The highest BCUT2D eigenvalue weighted by Crippen LogP contribution is 2.34. The summed E-state index contributed by atoms with van der Waals surface area (Å²) in [5.41, 5.74) is -0.106. The Hall–Kier alpha value is -2.12. The van der Waals surface area contributed by atoms with Gasteiger partial charge in [-0.2, -0.15) is 5.10 Å². The zero-order valence-corrected chi connectivity index (χ0v) is 15.0. The maximum Gasteiger partial charge on any atom is 0.333 e. The van der Waals surface area contributed by atoms with Crippen LogP contribution >= 0.6 is 0 Å². The van der Waals surface area contributed by atoms with Crippen molar-refractivity contribution in [1.29, 1.82) is 0 Å². The summed E-state index contributed by atoms with van der Waals surface area (Å²) in [6.07, 6.45) is 1.52. The van der Waals surface area contributed by atoms with Crippen LogP contribution in [0.25, 0.3) is 0 Å². The largest absolute Gasteiger partial charge is 0.460 e. The molecule has 2 rings (SSSR count). The molecule has 0 aromatic carbocycles. The number of carbonyl (C=O) groups is 1. The van der Waals surface area contributed by atoms with E-state index in [1.54, 1.807) is 11.6 Å². The second kappa shape index (κ2) is 6.78. The smallest absolute Gasteiger partial charge is 0.333 e. The van der Waals surface area contributed by atoms with E-state index in [0.29, 0.717) is 31.1 Å². The number of nitro groups is 1. The molecule has 0 spiro atoms. The van der Waals surface area contributed by atoms with E-state index in [-0.39, 0.29) is 22.5 Å². The highest BCUT2D eigenvalue weighted by molar-refractivity contribution is 5.74. The predicted molar refractivity (Wildman–Crippen MR) is 90.1 cm³/mol. The van der Waals surface area contributed by atoms with Gasteiger partial charge < -0.3 is 9.64 Å². The molecule has 24 heavy (non-hydrogen) atoms. The molecule has 134 valence electrons. The van der Waals surface area contributed by atoms with Crippen molar-refractivity contribution in [3.63, 3.8) is 0 Å². The number of aryl methyl sites for hydroxylation is 2. The molecule has 1 aliphatic heterocycles. The lowest BCUT2D eigenvalue weighted by atomic mass is 9.97. The molecule has 0 N–H and O–H groups in total. The number of nitrogens with zero attached hydrogens (tertiary/aromatic N) is 4. The number of hydrogen-bond acceptors (Lipinski definition) is 6. The Balaban J connectivity index is 2.27. The lowest BCUT2D eigenvalue weighted by molar-refractivity contribution is -0.384. The van der Waals surface area contributed by atoms with Gasteiger partial charge >= 0.3 is 11.7 Å². The number of rotatable bonds is 4. The molecule has 0 unspecified atom stereocenters. The van der Waals surface area contributed by atoms with Gasteiger partial charge in [-0.15, -0.1) is 0 Å². The van der Waals surface area contributed by atoms with Crippen LogP contribution in [0.4, 0.5) is 11.5 Å². The molecule has 8 heteroatoms. The van der Waals surface area contributed by atoms with Crippen LogP contribution in [0.5, 0.6) is 0 Å². The number of ether oxygens (including phenoxy) is 1. The minimum Gasteiger partial charge on any atom is -0.460 e. The quantitative estimate of drug-likeness (QED) is 0.476. The first kappa shape index (κ1) is 18.2. The molecule has 1 saturated heterocycles. The second-order valence-corrected chi connectivity index (χ2v) is 7.15. The molecule has 0 aliphatic carbocycles. The van der Waals surface area contributed by atoms with Crippen LogP contribution in [-0.2, 0) is 16.1 Å². The fourth-order valence-electron chi connectivity index (χ4n) is 3.05. The minimum atomic E-state index is -0.535. The third-order valence-corrected chi connectivity index (χ3v) is 4.01. The SMILES string of the molecule is CCn1nc(C)c([N+](=O)[O-])c1N1CCC[C@@H](C(=O)OC(C)(C)C)C1. The monoisotopic (exact) mass is 338 g/mol. The molecule has 2 heterocycles. The van der Waals surface area contributed by atoms with E-state index < -0.39 is 5.60 Å². The maximum atomic E-state index is 12.4. The molecule has 0 radical (unpaired) electrons. The highest BCUT2D eigenvalue weighted by atomic mass is 16.6. The molecular weight excluding hydrogens is 312 g/mol. The zero-order valence-electron chi connectivity index (χ0n) is 15.0. The summed E-state index contributed by atoms with van der Waals surface area (Å²) in [6, 6.07) is 0. The fourth-order valence-corrected chi connectivity index (χ4v) is 3.05. The lowest BCUT2D eigenvalue weighted by Crippen LogP contribution is -2.42. The van der Waals surface area contributed by atoms with E-state index in [2.05, 4.69) is 5.10 Å². The Bertz CT molecular complexity index is 633. The number of carbonyl (C=O) groups excluding carboxylic acids is 1. The number of piperidine rings is 1. The van der Waals surface area contributed by atoms with Crippen LogP contribution in [0, 0.1) is 23.0 Å². The van der Waals surface area contributed by atoms with Crippen molar-refractivity contribution >= 4 is 17.5 Å². The lowest BCUT2D eigenvalue weighted by Gasteiger charge is -2.34. The van der Waals surface area contributed by atoms with E-state index in [0.717, 1.165) is 12.8 Å². The summed E-state index contributed by atoms with van der Waals surface area (Å²) in [5, 5.41) is 15.7.